The van der Waals surface area contributed by atoms with E-state index in [1.54, 1.807) is 17.8 Å². The van der Waals surface area contributed by atoms with Gasteiger partial charge in [0.2, 0.25) is 0 Å². The Morgan fingerprint density at radius 3 is 2.83 bits per heavy atom. The molecule has 1 N–H and O–H groups in total. The number of nitrogens with zero attached hydrogens (tertiary/aromatic N) is 3. The van der Waals surface area contributed by atoms with Gasteiger partial charge in [-0.25, -0.2) is 4.68 Å². The van der Waals surface area contributed by atoms with Crippen LogP contribution < -0.4 is 10.1 Å². The lowest BCUT2D eigenvalue weighted by Gasteiger charge is -2.11. The molecule has 1 aromatic carbocycles. The molecule has 0 spiro atoms. The molecule has 118 valence electrons. The Morgan fingerprint density at radius 1 is 1.35 bits per heavy atom. The predicted molar refractivity (Wildman–Crippen MR) is 83.8 cm³/mol. The molecule has 2 aromatic heterocycles. The van der Waals surface area contributed by atoms with Crippen molar-refractivity contribution in [2.45, 2.75) is 13.0 Å². The Labute approximate surface area is 136 Å². The van der Waals surface area contributed by atoms with Crippen molar-refractivity contribution in [1.29, 1.82) is 0 Å². The number of benzene rings is 1. The summed E-state index contributed by atoms with van der Waals surface area (Å²) in [6, 6.07) is 11.0. The van der Waals surface area contributed by atoms with Crippen molar-refractivity contribution < 1.29 is 14.1 Å². The minimum Gasteiger partial charge on any atom is -0.462 e. The van der Waals surface area contributed by atoms with Gasteiger partial charge in [-0.3, -0.25) is 4.79 Å². The van der Waals surface area contributed by atoms with E-state index in [0.29, 0.717) is 10.8 Å². The molecule has 0 radical (unpaired) electrons. The fourth-order valence-corrected chi connectivity index (χ4v) is 2.03. The molecule has 0 aliphatic rings. The second kappa shape index (κ2) is 6.53. The summed E-state index contributed by atoms with van der Waals surface area (Å²) in [6.45, 7) is 1.59. The zero-order chi connectivity index (χ0) is 16.2. The fraction of sp³-hybridized carbons (Fsp3) is 0.133. The first-order valence-corrected chi connectivity index (χ1v) is 7.20. The second-order valence-electron chi connectivity index (χ2n) is 4.70. The van der Waals surface area contributed by atoms with Gasteiger partial charge in [0.25, 0.3) is 11.8 Å². The van der Waals surface area contributed by atoms with Crippen molar-refractivity contribution in [2.24, 2.45) is 0 Å². The van der Waals surface area contributed by atoms with Crippen LogP contribution in [-0.2, 0) is 4.79 Å². The molecule has 1 unspecified atom stereocenters. The number of hydrogen-bond donors (Lipinski definition) is 1. The molecule has 1 amide bonds. The van der Waals surface area contributed by atoms with Crippen molar-refractivity contribution in [2.75, 3.05) is 5.32 Å². The molecule has 3 rings (SSSR count). The molecule has 2 heterocycles. The highest BCUT2D eigenvalue weighted by atomic mass is 35.5. The van der Waals surface area contributed by atoms with Crippen molar-refractivity contribution >= 4 is 23.3 Å². The number of para-hydroxylation sites is 1. The number of nitrogens with one attached hydrogen (secondary N) is 1. The van der Waals surface area contributed by atoms with Crippen LogP contribution in [0.15, 0.2) is 53.4 Å². The highest BCUT2D eigenvalue weighted by Crippen LogP contribution is 2.25. The van der Waals surface area contributed by atoms with Gasteiger partial charge in [-0.1, -0.05) is 35.0 Å². The van der Waals surface area contributed by atoms with E-state index in [2.05, 4.69) is 20.1 Å². The van der Waals surface area contributed by atoms with Crippen LogP contribution in [0.3, 0.4) is 0 Å². The molecule has 0 fully saturated rings. The second-order valence-corrected chi connectivity index (χ2v) is 5.10. The van der Waals surface area contributed by atoms with E-state index in [9.17, 15) is 4.79 Å². The molecule has 7 nitrogen and oxygen atoms in total. The summed E-state index contributed by atoms with van der Waals surface area (Å²) in [5, 5.41) is 10.7. The first-order valence-electron chi connectivity index (χ1n) is 6.82. The van der Waals surface area contributed by atoms with Gasteiger partial charge in [0.1, 0.15) is 11.3 Å². The third-order valence-corrected chi connectivity index (χ3v) is 3.27. The Hall–Kier alpha value is -2.80. The molecule has 0 aliphatic carbocycles. The zero-order valence-electron chi connectivity index (χ0n) is 12.1. The maximum Gasteiger partial charge on any atom is 0.266 e. The Balaban J connectivity index is 1.70. The van der Waals surface area contributed by atoms with Crippen LogP contribution in [0, 0.1) is 0 Å². The minimum absolute atomic E-state index is 0.179. The van der Waals surface area contributed by atoms with Gasteiger partial charge in [0.15, 0.2) is 11.9 Å². The van der Waals surface area contributed by atoms with E-state index in [4.69, 9.17) is 16.3 Å². The number of anilines is 1. The van der Waals surface area contributed by atoms with Crippen LogP contribution >= 0.6 is 11.6 Å². The molecule has 1 atom stereocenters. The van der Waals surface area contributed by atoms with Crippen molar-refractivity contribution in [3.8, 4) is 11.6 Å². The average molecular weight is 333 g/mol. The van der Waals surface area contributed by atoms with E-state index in [-0.39, 0.29) is 11.8 Å². The SMILES string of the molecule is CC(Oc1nn(-c2ccccc2)cc1Cl)C(=O)Nc1ccon1. The van der Waals surface area contributed by atoms with E-state index < -0.39 is 6.10 Å². The maximum absolute atomic E-state index is 12.0. The third kappa shape index (κ3) is 3.51. The van der Waals surface area contributed by atoms with Crippen LogP contribution in [0.4, 0.5) is 5.82 Å². The molecular weight excluding hydrogens is 320 g/mol. The number of ether oxygens (including phenoxy) is 1. The topological polar surface area (TPSA) is 82.2 Å². The van der Waals surface area contributed by atoms with E-state index in [1.807, 2.05) is 30.3 Å². The summed E-state index contributed by atoms with van der Waals surface area (Å²) >= 11 is 6.12. The first-order chi connectivity index (χ1) is 11.1. The Kier molecular flexibility index (Phi) is 4.29. The van der Waals surface area contributed by atoms with Crippen molar-refractivity contribution in [3.05, 3.63) is 53.9 Å². The van der Waals surface area contributed by atoms with Crippen LogP contribution in [0.1, 0.15) is 6.92 Å². The van der Waals surface area contributed by atoms with Crippen molar-refractivity contribution in [1.82, 2.24) is 14.9 Å². The third-order valence-electron chi connectivity index (χ3n) is 3.01. The quantitative estimate of drug-likeness (QED) is 0.776. The zero-order valence-corrected chi connectivity index (χ0v) is 12.9. The first kappa shape index (κ1) is 15.1. The van der Waals surface area contributed by atoms with E-state index in [1.165, 1.54) is 12.3 Å². The summed E-state index contributed by atoms with van der Waals surface area (Å²) in [4.78, 5) is 12.0. The van der Waals surface area contributed by atoms with Gasteiger partial charge in [0.05, 0.1) is 11.9 Å². The number of amides is 1. The average Bonchev–Trinajstić information content (AvgIpc) is 3.18. The summed E-state index contributed by atoms with van der Waals surface area (Å²) in [5.74, 6) is 0.105. The smallest absolute Gasteiger partial charge is 0.266 e. The predicted octanol–water partition coefficient (Wildman–Crippen LogP) is 2.92. The standard InChI is InChI=1S/C15H13ClN4O3/c1-10(14(21)17-13-7-8-22-19-13)23-15-12(16)9-20(18-15)11-5-3-2-4-6-11/h2-10H,1H3,(H,17,19,21). The number of hydrogen-bond acceptors (Lipinski definition) is 5. The summed E-state index contributed by atoms with van der Waals surface area (Å²) in [5.41, 5.74) is 0.837. The monoisotopic (exact) mass is 332 g/mol. The number of rotatable bonds is 5. The highest BCUT2D eigenvalue weighted by Gasteiger charge is 2.19. The maximum atomic E-state index is 12.0. The highest BCUT2D eigenvalue weighted by molar-refractivity contribution is 6.31. The van der Waals surface area contributed by atoms with Gasteiger partial charge >= 0.3 is 0 Å². The van der Waals surface area contributed by atoms with Gasteiger partial charge in [-0.2, -0.15) is 0 Å². The van der Waals surface area contributed by atoms with Crippen LogP contribution in [-0.4, -0.2) is 26.9 Å². The lowest BCUT2D eigenvalue weighted by molar-refractivity contribution is -0.122. The van der Waals surface area contributed by atoms with Gasteiger partial charge in [-0.15, -0.1) is 5.10 Å². The summed E-state index contributed by atoms with van der Waals surface area (Å²) in [7, 11) is 0. The largest absolute Gasteiger partial charge is 0.462 e. The number of aromatic nitrogens is 3. The molecular formula is C15H13ClN4O3. The van der Waals surface area contributed by atoms with Gasteiger partial charge in [-0.05, 0) is 19.1 Å². The van der Waals surface area contributed by atoms with Crippen LogP contribution in [0.5, 0.6) is 5.88 Å². The minimum atomic E-state index is -0.802. The normalized spacial score (nSPS) is 11.9. The number of halogens is 1. The molecule has 0 saturated carbocycles. The molecule has 0 bridgehead atoms. The Morgan fingerprint density at radius 2 is 2.13 bits per heavy atom. The van der Waals surface area contributed by atoms with E-state index in [0.717, 1.165) is 5.69 Å². The summed E-state index contributed by atoms with van der Waals surface area (Å²) in [6.07, 6.45) is 2.18. The van der Waals surface area contributed by atoms with Crippen molar-refractivity contribution in [3.63, 3.8) is 0 Å². The van der Waals surface area contributed by atoms with Gasteiger partial charge < -0.3 is 14.6 Å². The molecule has 0 aliphatic heterocycles. The number of carbonyl (C=O) groups is 1. The molecule has 23 heavy (non-hydrogen) atoms. The fourth-order valence-electron chi connectivity index (χ4n) is 1.86. The Bertz CT molecular complexity index is 786. The van der Waals surface area contributed by atoms with E-state index >= 15 is 0 Å². The number of carbonyl (C=O) groups excluding carboxylic acids is 1. The summed E-state index contributed by atoms with van der Waals surface area (Å²) < 4.78 is 11.7. The molecule has 0 saturated heterocycles. The van der Waals surface area contributed by atoms with Crippen LogP contribution in [0.2, 0.25) is 5.02 Å². The molecule has 3 aromatic rings. The molecule has 8 heteroatoms. The van der Waals surface area contributed by atoms with Crippen LogP contribution in [0.25, 0.3) is 5.69 Å². The lowest BCUT2D eigenvalue weighted by atomic mass is 10.3. The lowest BCUT2D eigenvalue weighted by Crippen LogP contribution is -2.30. The van der Waals surface area contributed by atoms with Gasteiger partial charge in [0, 0.05) is 6.07 Å².